The number of Topliss-reactive ketones (excluding diaryl/α,β-unsaturated/α-hetero) is 1. The fourth-order valence-electron chi connectivity index (χ4n) is 2.29. The van der Waals surface area contributed by atoms with Gasteiger partial charge >= 0.3 is 0 Å². The Labute approximate surface area is 173 Å². The minimum absolute atomic E-state index is 0.0144. The molecule has 0 saturated carbocycles. The molecule has 6 nitrogen and oxygen atoms in total. The van der Waals surface area contributed by atoms with E-state index in [9.17, 15) is 18.4 Å². The molecule has 0 spiro atoms. The average molecular weight is 435 g/mol. The summed E-state index contributed by atoms with van der Waals surface area (Å²) in [6.45, 7) is 0. The predicted molar refractivity (Wildman–Crippen MR) is 107 cm³/mol. The largest absolute Gasteiger partial charge is 0.497 e. The van der Waals surface area contributed by atoms with E-state index in [0.717, 1.165) is 40.8 Å². The Morgan fingerprint density at radius 3 is 2.55 bits per heavy atom. The predicted octanol–water partition coefficient (Wildman–Crippen LogP) is 3.98. The van der Waals surface area contributed by atoms with Gasteiger partial charge in [0.1, 0.15) is 5.75 Å². The Kier molecular flexibility index (Phi) is 6.89. The highest BCUT2D eigenvalue weighted by molar-refractivity contribution is 8.01. The quantitative estimate of drug-likeness (QED) is 0.327. The molecule has 1 heterocycles. The maximum atomic E-state index is 13.2. The van der Waals surface area contributed by atoms with Gasteiger partial charge in [0.05, 0.1) is 19.3 Å². The van der Waals surface area contributed by atoms with E-state index in [2.05, 4.69) is 15.5 Å². The number of halogens is 2. The van der Waals surface area contributed by atoms with Gasteiger partial charge in [0, 0.05) is 5.56 Å². The third kappa shape index (κ3) is 5.81. The lowest BCUT2D eigenvalue weighted by Gasteiger charge is -2.03. The third-order valence-electron chi connectivity index (χ3n) is 3.74. The highest BCUT2D eigenvalue weighted by atomic mass is 32.2. The summed E-state index contributed by atoms with van der Waals surface area (Å²) in [4.78, 5) is 24.2. The molecule has 0 bridgehead atoms. The molecule has 0 unspecified atom stereocenters. The fourth-order valence-corrected chi connectivity index (χ4v) is 3.95. The molecule has 29 heavy (non-hydrogen) atoms. The lowest BCUT2D eigenvalue weighted by molar-refractivity contribution is -0.115. The molecule has 3 rings (SSSR count). The van der Waals surface area contributed by atoms with Gasteiger partial charge in [-0.2, -0.15) is 0 Å². The average Bonchev–Trinajstić information content (AvgIpc) is 3.16. The molecule has 0 radical (unpaired) electrons. The number of benzene rings is 2. The summed E-state index contributed by atoms with van der Waals surface area (Å²) in [6.07, 6.45) is 0.167. The SMILES string of the molecule is COc1ccc(CC(=O)Nc2nnc(SCC(=O)c3ccc(F)c(F)c3)s2)cc1. The molecule has 1 N–H and O–H groups in total. The van der Waals surface area contributed by atoms with E-state index in [1.807, 2.05) is 0 Å². The Bertz CT molecular complexity index is 1030. The minimum Gasteiger partial charge on any atom is -0.497 e. The molecular weight excluding hydrogens is 420 g/mol. The van der Waals surface area contributed by atoms with Gasteiger partial charge in [0.25, 0.3) is 0 Å². The number of carbonyl (C=O) groups excluding carboxylic acids is 2. The summed E-state index contributed by atoms with van der Waals surface area (Å²) >= 11 is 2.23. The van der Waals surface area contributed by atoms with Crippen LogP contribution in [0.3, 0.4) is 0 Å². The maximum absolute atomic E-state index is 13.2. The fraction of sp³-hybridized carbons (Fsp3) is 0.158. The van der Waals surface area contributed by atoms with Crippen LogP contribution in [-0.4, -0.2) is 34.8 Å². The van der Waals surface area contributed by atoms with Gasteiger partial charge in [-0.15, -0.1) is 10.2 Å². The minimum atomic E-state index is -1.07. The third-order valence-corrected chi connectivity index (χ3v) is 5.72. The molecule has 0 fully saturated rings. The van der Waals surface area contributed by atoms with Gasteiger partial charge in [-0.05, 0) is 35.9 Å². The van der Waals surface area contributed by atoms with Crippen LogP contribution in [0.25, 0.3) is 0 Å². The lowest BCUT2D eigenvalue weighted by atomic mass is 10.1. The second-order valence-corrected chi connectivity index (χ2v) is 7.99. The summed E-state index contributed by atoms with van der Waals surface area (Å²) in [5.74, 6) is -2.00. The van der Waals surface area contributed by atoms with Crippen LogP contribution >= 0.6 is 23.1 Å². The van der Waals surface area contributed by atoms with Crippen molar-refractivity contribution >= 4 is 39.9 Å². The molecule has 0 aliphatic carbocycles. The molecule has 0 aliphatic rings. The highest BCUT2D eigenvalue weighted by Gasteiger charge is 2.13. The number of hydrogen-bond acceptors (Lipinski definition) is 7. The van der Waals surface area contributed by atoms with E-state index in [4.69, 9.17) is 4.74 Å². The van der Waals surface area contributed by atoms with Crippen LogP contribution in [-0.2, 0) is 11.2 Å². The summed E-state index contributed by atoms with van der Waals surface area (Å²) in [7, 11) is 1.57. The molecule has 3 aromatic rings. The van der Waals surface area contributed by atoms with E-state index >= 15 is 0 Å². The van der Waals surface area contributed by atoms with Crippen LogP contribution < -0.4 is 10.1 Å². The smallest absolute Gasteiger partial charge is 0.230 e. The monoisotopic (exact) mass is 435 g/mol. The first-order valence-electron chi connectivity index (χ1n) is 8.32. The van der Waals surface area contributed by atoms with Gasteiger partial charge in [-0.3, -0.25) is 9.59 Å². The Hall–Kier alpha value is -2.85. The Morgan fingerprint density at radius 1 is 1.10 bits per heavy atom. The maximum Gasteiger partial charge on any atom is 0.230 e. The van der Waals surface area contributed by atoms with Crippen LogP contribution in [0.15, 0.2) is 46.8 Å². The first-order chi connectivity index (χ1) is 13.9. The van der Waals surface area contributed by atoms with Crippen molar-refractivity contribution in [3.63, 3.8) is 0 Å². The van der Waals surface area contributed by atoms with Crippen molar-refractivity contribution in [2.75, 3.05) is 18.2 Å². The second-order valence-electron chi connectivity index (χ2n) is 5.79. The number of nitrogens with one attached hydrogen (secondary N) is 1. The normalized spacial score (nSPS) is 10.6. The van der Waals surface area contributed by atoms with Crippen LogP contribution in [0.5, 0.6) is 5.75 Å². The summed E-state index contributed by atoms with van der Waals surface area (Å²) in [6, 6.07) is 10.1. The van der Waals surface area contributed by atoms with Gasteiger partial charge in [-0.1, -0.05) is 35.2 Å². The van der Waals surface area contributed by atoms with Crippen LogP contribution in [0.4, 0.5) is 13.9 Å². The first-order valence-corrected chi connectivity index (χ1v) is 10.1. The van der Waals surface area contributed by atoms with E-state index in [1.54, 1.807) is 31.4 Å². The van der Waals surface area contributed by atoms with Crippen LogP contribution in [0.1, 0.15) is 15.9 Å². The van der Waals surface area contributed by atoms with E-state index in [-0.39, 0.29) is 29.4 Å². The number of ketones is 1. The number of hydrogen-bond donors (Lipinski definition) is 1. The zero-order chi connectivity index (χ0) is 20.8. The van der Waals surface area contributed by atoms with Crippen molar-refractivity contribution in [2.45, 2.75) is 10.8 Å². The van der Waals surface area contributed by atoms with Gasteiger partial charge in [-0.25, -0.2) is 8.78 Å². The molecule has 0 saturated heterocycles. The summed E-state index contributed by atoms with van der Waals surface area (Å²) in [5.41, 5.74) is 0.897. The highest BCUT2D eigenvalue weighted by Crippen LogP contribution is 2.26. The molecular formula is C19H15F2N3O3S2. The Morgan fingerprint density at radius 2 is 1.86 bits per heavy atom. The van der Waals surface area contributed by atoms with Crippen molar-refractivity contribution in [1.82, 2.24) is 10.2 Å². The van der Waals surface area contributed by atoms with Gasteiger partial charge < -0.3 is 10.1 Å². The van der Waals surface area contributed by atoms with Crippen molar-refractivity contribution < 1.29 is 23.1 Å². The molecule has 1 amide bonds. The molecule has 10 heteroatoms. The van der Waals surface area contributed by atoms with Crippen molar-refractivity contribution in [1.29, 1.82) is 0 Å². The zero-order valence-electron chi connectivity index (χ0n) is 15.1. The lowest BCUT2D eigenvalue weighted by Crippen LogP contribution is -2.14. The molecule has 1 aromatic heterocycles. The summed E-state index contributed by atoms with van der Waals surface area (Å²) < 4.78 is 31.7. The molecule has 2 aromatic carbocycles. The number of methoxy groups -OCH3 is 1. The standard InChI is InChI=1S/C19H15F2N3O3S2/c1-27-13-5-2-11(3-6-13)8-17(26)22-18-23-24-19(29-18)28-10-16(25)12-4-7-14(20)15(21)9-12/h2-7,9H,8,10H2,1H3,(H,22,23,26). The van der Waals surface area contributed by atoms with E-state index in [0.29, 0.717) is 15.2 Å². The number of amides is 1. The second kappa shape index (κ2) is 9.57. The number of ether oxygens (including phenoxy) is 1. The summed E-state index contributed by atoms with van der Waals surface area (Å²) in [5, 5.41) is 10.8. The number of aromatic nitrogens is 2. The molecule has 0 atom stereocenters. The number of rotatable bonds is 8. The van der Waals surface area contributed by atoms with Crippen LogP contribution in [0, 0.1) is 11.6 Å². The van der Waals surface area contributed by atoms with E-state index in [1.165, 1.54) is 6.07 Å². The molecule has 150 valence electrons. The zero-order valence-corrected chi connectivity index (χ0v) is 16.8. The van der Waals surface area contributed by atoms with Gasteiger partial charge in [0.15, 0.2) is 21.8 Å². The van der Waals surface area contributed by atoms with E-state index < -0.39 is 11.6 Å². The first kappa shape index (κ1) is 20.9. The topological polar surface area (TPSA) is 81.2 Å². The number of carbonyl (C=O) groups is 2. The number of thioether (sulfide) groups is 1. The van der Waals surface area contributed by atoms with Crippen molar-refractivity contribution in [3.05, 3.63) is 65.2 Å². The van der Waals surface area contributed by atoms with Crippen molar-refractivity contribution in [2.24, 2.45) is 0 Å². The Balaban J connectivity index is 1.51. The number of nitrogens with zero attached hydrogens (tertiary/aromatic N) is 2. The number of anilines is 1. The van der Waals surface area contributed by atoms with Gasteiger partial charge in [0.2, 0.25) is 11.0 Å². The van der Waals surface area contributed by atoms with Crippen molar-refractivity contribution in [3.8, 4) is 5.75 Å². The van der Waals surface area contributed by atoms with Crippen LogP contribution in [0.2, 0.25) is 0 Å². The molecule has 0 aliphatic heterocycles.